The molecule has 2 rings (SSSR count). The van der Waals surface area contributed by atoms with Crippen molar-refractivity contribution in [3.05, 3.63) is 65.7 Å². The Hall–Kier alpha value is -2.07. The van der Waals surface area contributed by atoms with E-state index in [2.05, 4.69) is 41.8 Å². The maximum absolute atomic E-state index is 5.45. The van der Waals surface area contributed by atoms with Crippen molar-refractivity contribution in [2.75, 3.05) is 7.11 Å². The maximum Gasteiger partial charge on any atom is 0.167 e. The van der Waals surface area contributed by atoms with Gasteiger partial charge < -0.3 is 15.4 Å². The van der Waals surface area contributed by atoms with E-state index in [1.165, 1.54) is 11.1 Å². The summed E-state index contributed by atoms with van der Waals surface area (Å²) < 4.78 is 5.16. The van der Waals surface area contributed by atoms with Gasteiger partial charge in [-0.3, -0.25) is 0 Å². The van der Waals surface area contributed by atoms with Gasteiger partial charge in [0.25, 0.3) is 0 Å². The Labute approximate surface area is 144 Å². The van der Waals surface area contributed by atoms with Crippen molar-refractivity contribution >= 4 is 17.3 Å². The topological polar surface area (TPSA) is 33.3 Å². The molecule has 0 heterocycles. The van der Waals surface area contributed by atoms with Gasteiger partial charge >= 0.3 is 0 Å². The van der Waals surface area contributed by atoms with Gasteiger partial charge in [-0.2, -0.15) is 0 Å². The van der Waals surface area contributed by atoms with Crippen LogP contribution in [0.4, 0.5) is 0 Å². The highest BCUT2D eigenvalue weighted by molar-refractivity contribution is 7.80. The molecule has 0 fully saturated rings. The van der Waals surface area contributed by atoms with E-state index in [1.54, 1.807) is 7.11 Å². The minimum atomic E-state index is 0.247. The van der Waals surface area contributed by atoms with Crippen molar-refractivity contribution in [2.24, 2.45) is 0 Å². The molecule has 0 spiro atoms. The zero-order valence-electron chi connectivity index (χ0n) is 13.7. The molecule has 0 radical (unpaired) electrons. The Morgan fingerprint density at radius 1 is 1.09 bits per heavy atom. The summed E-state index contributed by atoms with van der Waals surface area (Å²) in [5.41, 5.74) is 2.43. The van der Waals surface area contributed by atoms with E-state index >= 15 is 0 Å². The number of ether oxygens (including phenoxy) is 1. The summed E-state index contributed by atoms with van der Waals surface area (Å²) in [7, 11) is 1.67. The Balaban J connectivity index is 1.88. The Bertz CT molecular complexity index is 599. The van der Waals surface area contributed by atoms with Crippen LogP contribution in [-0.4, -0.2) is 12.2 Å². The third-order valence-corrected chi connectivity index (χ3v) is 3.96. The first-order valence-electron chi connectivity index (χ1n) is 7.95. The van der Waals surface area contributed by atoms with Crippen molar-refractivity contribution in [3.8, 4) is 5.75 Å². The van der Waals surface area contributed by atoms with E-state index in [1.807, 2.05) is 30.3 Å². The lowest BCUT2D eigenvalue weighted by Crippen LogP contribution is -2.37. The summed E-state index contributed by atoms with van der Waals surface area (Å²) in [6.45, 7) is 2.88. The molecule has 2 N–H and O–H groups in total. The normalized spacial score (nSPS) is 11.6. The smallest absolute Gasteiger partial charge is 0.167 e. The molecule has 2 aromatic rings. The number of methoxy groups -OCH3 is 1. The molecule has 3 nitrogen and oxygen atoms in total. The van der Waals surface area contributed by atoms with Crippen molar-refractivity contribution in [3.63, 3.8) is 0 Å². The summed E-state index contributed by atoms with van der Waals surface area (Å²) in [6.07, 6.45) is 2.15. The van der Waals surface area contributed by atoms with Crippen molar-refractivity contribution in [1.82, 2.24) is 10.6 Å². The molecular formula is C19H24N2OS. The van der Waals surface area contributed by atoms with Crippen LogP contribution in [0.2, 0.25) is 0 Å². The number of nitrogens with one attached hydrogen (secondary N) is 2. The van der Waals surface area contributed by atoms with Gasteiger partial charge in [0, 0.05) is 6.54 Å². The van der Waals surface area contributed by atoms with Crippen molar-refractivity contribution in [1.29, 1.82) is 0 Å². The molecule has 0 unspecified atom stereocenters. The van der Waals surface area contributed by atoms with Gasteiger partial charge in [0.05, 0.1) is 13.2 Å². The molecule has 0 aliphatic heterocycles. The average molecular weight is 328 g/mol. The van der Waals surface area contributed by atoms with Crippen LogP contribution in [0.5, 0.6) is 5.75 Å². The van der Waals surface area contributed by atoms with Crippen LogP contribution in [-0.2, 0) is 6.54 Å². The minimum absolute atomic E-state index is 0.247. The zero-order chi connectivity index (χ0) is 16.5. The maximum atomic E-state index is 5.45. The summed E-state index contributed by atoms with van der Waals surface area (Å²) in [5.74, 6) is 0.863. The second-order valence-corrected chi connectivity index (χ2v) is 5.84. The minimum Gasteiger partial charge on any atom is -0.497 e. The second kappa shape index (κ2) is 9.16. The Morgan fingerprint density at radius 3 is 2.39 bits per heavy atom. The molecule has 0 saturated carbocycles. The average Bonchev–Trinajstić information content (AvgIpc) is 2.61. The Kier molecular flexibility index (Phi) is 6.88. The van der Waals surface area contributed by atoms with Crippen LogP contribution in [0.3, 0.4) is 0 Å². The van der Waals surface area contributed by atoms with Gasteiger partial charge in [-0.1, -0.05) is 55.8 Å². The third-order valence-electron chi connectivity index (χ3n) is 3.70. The van der Waals surface area contributed by atoms with Crippen LogP contribution in [0.25, 0.3) is 0 Å². The molecule has 0 amide bonds. The van der Waals surface area contributed by atoms with Gasteiger partial charge in [-0.05, 0) is 41.9 Å². The predicted molar refractivity (Wildman–Crippen MR) is 99.7 cm³/mol. The highest BCUT2D eigenvalue weighted by Crippen LogP contribution is 2.18. The SMILES string of the molecule is CCC[C@@H](NC(=S)NCc1ccc(OC)cc1)c1ccccc1. The molecule has 0 aliphatic rings. The van der Waals surface area contributed by atoms with Gasteiger partial charge in [0.1, 0.15) is 5.75 Å². The Morgan fingerprint density at radius 2 is 1.78 bits per heavy atom. The highest BCUT2D eigenvalue weighted by atomic mass is 32.1. The van der Waals surface area contributed by atoms with E-state index in [-0.39, 0.29) is 6.04 Å². The first kappa shape index (κ1) is 17.3. The summed E-state index contributed by atoms with van der Waals surface area (Å²) in [4.78, 5) is 0. The molecule has 122 valence electrons. The van der Waals surface area contributed by atoms with Crippen molar-refractivity contribution < 1.29 is 4.74 Å². The van der Waals surface area contributed by atoms with E-state index in [9.17, 15) is 0 Å². The van der Waals surface area contributed by atoms with E-state index in [0.29, 0.717) is 11.7 Å². The molecule has 0 bridgehead atoms. The second-order valence-electron chi connectivity index (χ2n) is 5.43. The summed E-state index contributed by atoms with van der Waals surface area (Å²) in [5, 5.41) is 7.38. The number of hydrogen-bond donors (Lipinski definition) is 2. The monoisotopic (exact) mass is 328 g/mol. The fraction of sp³-hybridized carbons (Fsp3) is 0.316. The molecular weight excluding hydrogens is 304 g/mol. The van der Waals surface area contributed by atoms with Gasteiger partial charge in [-0.25, -0.2) is 0 Å². The molecule has 23 heavy (non-hydrogen) atoms. The molecule has 4 heteroatoms. The molecule has 0 aliphatic carbocycles. The number of rotatable bonds is 7. The van der Waals surface area contributed by atoms with E-state index in [0.717, 1.165) is 18.6 Å². The fourth-order valence-corrected chi connectivity index (χ4v) is 2.65. The first-order valence-corrected chi connectivity index (χ1v) is 8.36. The molecule has 1 atom stereocenters. The van der Waals surface area contributed by atoms with Gasteiger partial charge in [0.15, 0.2) is 5.11 Å². The summed E-state index contributed by atoms with van der Waals surface area (Å²) >= 11 is 5.45. The van der Waals surface area contributed by atoms with Crippen LogP contribution in [0.15, 0.2) is 54.6 Å². The summed E-state index contributed by atoms with van der Waals surface area (Å²) in [6, 6.07) is 18.7. The van der Waals surface area contributed by atoms with Crippen LogP contribution in [0, 0.1) is 0 Å². The zero-order valence-corrected chi connectivity index (χ0v) is 14.5. The van der Waals surface area contributed by atoms with E-state index in [4.69, 9.17) is 17.0 Å². The number of hydrogen-bond acceptors (Lipinski definition) is 2. The molecule has 2 aromatic carbocycles. The molecule has 0 saturated heterocycles. The lowest BCUT2D eigenvalue weighted by atomic mass is 10.0. The van der Waals surface area contributed by atoms with E-state index < -0.39 is 0 Å². The third kappa shape index (κ3) is 5.57. The van der Waals surface area contributed by atoms with Crippen LogP contribution in [0.1, 0.15) is 36.9 Å². The lowest BCUT2D eigenvalue weighted by Gasteiger charge is -2.21. The fourth-order valence-electron chi connectivity index (χ4n) is 2.43. The standard InChI is InChI=1S/C19H24N2OS/c1-3-7-18(16-8-5-4-6-9-16)21-19(23)20-14-15-10-12-17(22-2)13-11-15/h4-6,8-13,18H,3,7,14H2,1-2H3,(H2,20,21,23)/t18-/m1/s1. The first-order chi connectivity index (χ1) is 11.2. The van der Waals surface area contributed by atoms with Gasteiger partial charge in [-0.15, -0.1) is 0 Å². The van der Waals surface area contributed by atoms with Crippen LogP contribution >= 0.6 is 12.2 Å². The lowest BCUT2D eigenvalue weighted by molar-refractivity contribution is 0.414. The molecule has 0 aromatic heterocycles. The van der Waals surface area contributed by atoms with Crippen molar-refractivity contribution in [2.45, 2.75) is 32.4 Å². The van der Waals surface area contributed by atoms with Gasteiger partial charge in [0.2, 0.25) is 0 Å². The van der Waals surface area contributed by atoms with Crippen LogP contribution < -0.4 is 15.4 Å². The highest BCUT2D eigenvalue weighted by Gasteiger charge is 2.11. The quantitative estimate of drug-likeness (QED) is 0.746. The predicted octanol–water partition coefficient (Wildman–Crippen LogP) is 4.20. The largest absolute Gasteiger partial charge is 0.497 e. The number of benzene rings is 2. The number of thiocarbonyl (C=S) groups is 1.